The third kappa shape index (κ3) is 3.20. The van der Waals surface area contributed by atoms with Crippen molar-refractivity contribution in [2.45, 2.75) is 63.8 Å². The first-order chi connectivity index (χ1) is 8.93. The maximum absolute atomic E-state index is 11.6. The summed E-state index contributed by atoms with van der Waals surface area (Å²) in [7, 11) is -3.61. The molecule has 1 aromatic heterocycles. The fraction of sp³-hybridized carbons (Fsp3) is 0.714. The molecule has 0 aliphatic heterocycles. The summed E-state index contributed by atoms with van der Waals surface area (Å²) in [6.45, 7) is 4.85. The Morgan fingerprint density at radius 1 is 1.32 bits per heavy atom. The molecule has 1 heterocycles. The van der Waals surface area contributed by atoms with Gasteiger partial charge in [0.2, 0.25) is 10.0 Å². The quantitative estimate of drug-likeness (QED) is 0.923. The Kier molecular flexibility index (Phi) is 4.36. The van der Waals surface area contributed by atoms with Crippen molar-refractivity contribution in [3.63, 3.8) is 0 Å². The minimum atomic E-state index is -3.61. The monoisotopic (exact) mass is 284 g/mol. The van der Waals surface area contributed by atoms with Crippen molar-refractivity contribution < 1.29 is 8.42 Å². The Morgan fingerprint density at radius 3 is 2.47 bits per heavy atom. The first-order valence-corrected chi connectivity index (χ1v) is 8.70. The Labute approximate surface area is 116 Å². The van der Waals surface area contributed by atoms with Crippen molar-refractivity contribution in [2.24, 2.45) is 11.1 Å². The third-order valence-electron chi connectivity index (χ3n) is 4.24. The van der Waals surface area contributed by atoms with E-state index in [2.05, 4.69) is 11.5 Å². The van der Waals surface area contributed by atoms with Gasteiger partial charge in [0.05, 0.1) is 0 Å². The average Bonchev–Trinajstić information content (AvgIpc) is 2.68. The highest BCUT2D eigenvalue weighted by Crippen LogP contribution is 2.28. The van der Waals surface area contributed by atoms with Crippen molar-refractivity contribution >= 4 is 10.0 Å². The summed E-state index contributed by atoms with van der Waals surface area (Å²) in [5.41, 5.74) is 1.87. The predicted octanol–water partition coefficient (Wildman–Crippen LogP) is 2.59. The van der Waals surface area contributed by atoms with Gasteiger partial charge in [-0.2, -0.15) is 0 Å². The van der Waals surface area contributed by atoms with Crippen LogP contribution in [0.3, 0.4) is 0 Å². The van der Waals surface area contributed by atoms with E-state index in [0.717, 1.165) is 24.4 Å². The minimum Gasteiger partial charge on any atom is -0.347 e. The molecule has 1 saturated carbocycles. The van der Waals surface area contributed by atoms with Crippen LogP contribution in [0.25, 0.3) is 0 Å². The first kappa shape index (κ1) is 14.6. The Hall–Kier alpha value is -0.810. The molecular formula is C14H24N2O2S. The average molecular weight is 284 g/mol. The molecule has 0 unspecified atom stereocenters. The van der Waals surface area contributed by atoms with Crippen LogP contribution in [-0.2, 0) is 23.0 Å². The maximum atomic E-state index is 11.6. The van der Waals surface area contributed by atoms with E-state index in [1.807, 2.05) is 6.92 Å². The SMILES string of the molecule is CCc1cc(S(N)(=O)=O)c(C)n1CC1CCCCC1. The van der Waals surface area contributed by atoms with Crippen LogP contribution in [0.2, 0.25) is 0 Å². The fourth-order valence-electron chi connectivity index (χ4n) is 3.15. The number of sulfonamides is 1. The molecule has 1 aliphatic carbocycles. The number of aryl methyl sites for hydroxylation is 1. The number of hydrogen-bond acceptors (Lipinski definition) is 2. The van der Waals surface area contributed by atoms with Crippen molar-refractivity contribution in [3.8, 4) is 0 Å². The lowest BCUT2D eigenvalue weighted by molar-refractivity contribution is 0.314. The number of nitrogens with zero attached hydrogens (tertiary/aromatic N) is 1. The largest absolute Gasteiger partial charge is 0.347 e. The van der Waals surface area contributed by atoms with Crippen LogP contribution < -0.4 is 5.14 Å². The summed E-state index contributed by atoms with van der Waals surface area (Å²) in [5.74, 6) is 0.679. The highest BCUT2D eigenvalue weighted by Gasteiger charge is 2.21. The van der Waals surface area contributed by atoms with E-state index in [1.165, 1.54) is 32.1 Å². The van der Waals surface area contributed by atoms with Gasteiger partial charge >= 0.3 is 0 Å². The highest BCUT2D eigenvalue weighted by atomic mass is 32.2. The molecule has 108 valence electrons. The molecule has 1 fully saturated rings. The van der Waals surface area contributed by atoms with E-state index < -0.39 is 10.0 Å². The molecule has 1 aliphatic rings. The second-order valence-electron chi connectivity index (χ2n) is 5.60. The molecule has 0 aromatic carbocycles. The van der Waals surface area contributed by atoms with Crippen molar-refractivity contribution in [1.82, 2.24) is 4.57 Å². The molecule has 5 heteroatoms. The second-order valence-corrected chi connectivity index (χ2v) is 7.13. The number of hydrogen-bond donors (Lipinski definition) is 1. The molecule has 2 rings (SSSR count). The maximum Gasteiger partial charge on any atom is 0.239 e. The van der Waals surface area contributed by atoms with Crippen LogP contribution in [0.4, 0.5) is 0 Å². The second kappa shape index (κ2) is 5.67. The van der Waals surface area contributed by atoms with Crippen LogP contribution in [-0.4, -0.2) is 13.0 Å². The van der Waals surface area contributed by atoms with Gasteiger partial charge in [0.15, 0.2) is 0 Å². The fourth-order valence-corrected chi connectivity index (χ4v) is 3.97. The van der Waals surface area contributed by atoms with E-state index in [1.54, 1.807) is 6.07 Å². The first-order valence-electron chi connectivity index (χ1n) is 7.15. The Morgan fingerprint density at radius 2 is 1.95 bits per heavy atom. The lowest BCUT2D eigenvalue weighted by atomic mass is 9.89. The van der Waals surface area contributed by atoms with E-state index in [4.69, 9.17) is 5.14 Å². The predicted molar refractivity (Wildman–Crippen MR) is 76.5 cm³/mol. The topological polar surface area (TPSA) is 65.1 Å². The van der Waals surface area contributed by atoms with Crippen LogP contribution in [0.1, 0.15) is 50.4 Å². The summed E-state index contributed by atoms with van der Waals surface area (Å²) in [4.78, 5) is 0.292. The number of rotatable bonds is 4. The lowest BCUT2D eigenvalue weighted by Crippen LogP contribution is -2.18. The molecule has 19 heavy (non-hydrogen) atoms. The van der Waals surface area contributed by atoms with Crippen LogP contribution in [0, 0.1) is 12.8 Å². The smallest absolute Gasteiger partial charge is 0.239 e. The molecule has 0 amide bonds. The third-order valence-corrected chi connectivity index (χ3v) is 5.27. The highest BCUT2D eigenvalue weighted by molar-refractivity contribution is 7.89. The van der Waals surface area contributed by atoms with Crippen LogP contribution in [0.5, 0.6) is 0 Å². The summed E-state index contributed by atoms with van der Waals surface area (Å²) in [6, 6.07) is 1.74. The van der Waals surface area contributed by atoms with Gasteiger partial charge in [-0.1, -0.05) is 26.2 Å². The molecule has 0 atom stereocenters. The van der Waals surface area contributed by atoms with Gasteiger partial charge < -0.3 is 4.57 Å². The summed E-state index contributed by atoms with van der Waals surface area (Å²) in [5, 5.41) is 5.29. The van der Waals surface area contributed by atoms with E-state index in [-0.39, 0.29) is 0 Å². The molecule has 0 bridgehead atoms. The Bertz CT molecular complexity index is 540. The van der Waals surface area contributed by atoms with Gasteiger partial charge in [0.1, 0.15) is 4.90 Å². The number of nitrogens with two attached hydrogens (primary N) is 1. The van der Waals surface area contributed by atoms with Gasteiger partial charge in [-0.25, -0.2) is 13.6 Å². The number of aromatic nitrogens is 1. The summed E-state index contributed by atoms with van der Waals surface area (Å²) < 4.78 is 25.3. The molecule has 2 N–H and O–H groups in total. The standard InChI is InChI=1S/C14H24N2O2S/c1-3-13-9-14(19(15,17)18)11(2)16(13)10-12-7-5-4-6-8-12/h9,12H,3-8,10H2,1-2H3,(H2,15,17,18). The van der Waals surface area contributed by atoms with Crippen LogP contribution >= 0.6 is 0 Å². The summed E-state index contributed by atoms with van der Waals surface area (Å²) >= 11 is 0. The zero-order valence-corrected chi connectivity index (χ0v) is 12.7. The molecule has 1 aromatic rings. The van der Waals surface area contributed by atoms with Crippen molar-refractivity contribution in [1.29, 1.82) is 0 Å². The molecule has 4 nitrogen and oxygen atoms in total. The Balaban J connectivity index is 2.30. The van der Waals surface area contributed by atoms with E-state index in [0.29, 0.717) is 10.8 Å². The molecule has 0 radical (unpaired) electrons. The minimum absolute atomic E-state index is 0.292. The van der Waals surface area contributed by atoms with Gasteiger partial charge in [-0.3, -0.25) is 0 Å². The van der Waals surface area contributed by atoms with Gasteiger partial charge in [-0.15, -0.1) is 0 Å². The lowest BCUT2D eigenvalue weighted by Gasteiger charge is -2.24. The van der Waals surface area contributed by atoms with Gasteiger partial charge in [-0.05, 0) is 38.2 Å². The zero-order valence-electron chi connectivity index (χ0n) is 11.9. The molecule has 0 spiro atoms. The summed E-state index contributed by atoms with van der Waals surface area (Å²) in [6.07, 6.45) is 7.28. The van der Waals surface area contributed by atoms with E-state index in [9.17, 15) is 8.42 Å². The molecular weight excluding hydrogens is 260 g/mol. The molecule has 0 saturated heterocycles. The van der Waals surface area contributed by atoms with E-state index >= 15 is 0 Å². The van der Waals surface area contributed by atoms with Gasteiger partial charge in [0.25, 0.3) is 0 Å². The number of primary sulfonamides is 1. The van der Waals surface area contributed by atoms with Crippen LogP contribution in [0.15, 0.2) is 11.0 Å². The van der Waals surface area contributed by atoms with Crippen molar-refractivity contribution in [2.75, 3.05) is 0 Å². The normalized spacial score (nSPS) is 17.8. The van der Waals surface area contributed by atoms with Gasteiger partial charge in [0, 0.05) is 17.9 Å². The zero-order chi connectivity index (χ0) is 14.0. The van der Waals surface area contributed by atoms with Crippen molar-refractivity contribution in [3.05, 3.63) is 17.5 Å².